The van der Waals surface area contributed by atoms with E-state index in [-0.39, 0.29) is 0 Å². The van der Waals surface area contributed by atoms with Crippen molar-refractivity contribution in [1.82, 2.24) is 0 Å². The molecule has 31 heavy (non-hydrogen) atoms. The van der Waals surface area contributed by atoms with Gasteiger partial charge < -0.3 is 10.1 Å². The maximum atomic E-state index is 13.1. The monoisotopic (exact) mass is 438 g/mol. The van der Waals surface area contributed by atoms with Crippen LogP contribution in [0.15, 0.2) is 54.6 Å². The summed E-state index contributed by atoms with van der Waals surface area (Å²) in [6, 6.07) is 15.8. The molecule has 162 valence electrons. The number of rotatable bonds is 7. The Morgan fingerprint density at radius 3 is 2.39 bits per heavy atom. The van der Waals surface area contributed by atoms with E-state index in [1.807, 2.05) is 31.2 Å². The highest BCUT2D eigenvalue weighted by molar-refractivity contribution is 7.92. The lowest BCUT2D eigenvalue weighted by Crippen LogP contribution is -2.45. The molecule has 6 nitrogen and oxygen atoms in total. The Hall–Kier alpha value is -3.06. The van der Waals surface area contributed by atoms with Crippen LogP contribution in [-0.2, 0) is 27.7 Å². The molecule has 7 heteroatoms. The molecule has 0 aliphatic heterocycles. The molecule has 1 atom stereocenters. The number of ether oxygens (including phenoxy) is 1. The fourth-order valence-electron chi connectivity index (χ4n) is 4.26. The van der Waals surface area contributed by atoms with Gasteiger partial charge in [0.15, 0.2) is 0 Å². The fourth-order valence-corrected chi connectivity index (χ4v) is 5.43. The lowest BCUT2D eigenvalue weighted by molar-refractivity contribution is -0.116. The largest absolute Gasteiger partial charge is 0.494 e. The molecule has 1 aliphatic carbocycles. The van der Waals surface area contributed by atoms with Gasteiger partial charge in [-0.3, -0.25) is 9.10 Å². The minimum atomic E-state index is -3.69. The lowest BCUT2D eigenvalue weighted by atomic mass is 10.0. The number of carbonyl (C=O) groups is 1. The molecular formula is C24H26N2O4S. The van der Waals surface area contributed by atoms with Gasteiger partial charge in [0.1, 0.15) is 11.8 Å². The number of nitrogens with zero attached hydrogens (tertiary/aromatic N) is 1. The molecule has 0 unspecified atom stereocenters. The van der Waals surface area contributed by atoms with Crippen molar-refractivity contribution < 1.29 is 17.9 Å². The van der Waals surface area contributed by atoms with E-state index < -0.39 is 22.0 Å². The Morgan fingerprint density at radius 1 is 1.06 bits per heavy atom. The highest BCUT2D eigenvalue weighted by Crippen LogP contribution is 2.35. The molecule has 0 saturated heterocycles. The molecule has 0 fully saturated rings. The Balaban J connectivity index is 1.63. The smallest absolute Gasteiger partial charge is 0.248 e. The van der Waals surface area contributed by atoms with Crippen molar-refractivity contribution in [3.8, 4) is 5.75 Å². The summed E-state index contributed by atoms with van der Waals surface area (Å²) in [7, 11) is -3.69. The number of hydrogen-bond donors (Lipinski definition) is 1. The Labute approximate surface area is 182 Å². The zero-order valence-corrected chi connectivity index (χ0v) is 18.7. The van der Waals surface area contributed by atoms with Crippen LogP contribution < -0.4 is 14.4 Å². The fraction of sp³-hybridized carbons (Fsp3) is 0.292. The van der Waals surface area contributed by atoms with Gasteiger partial charge in [0, 0.05) is 11.1 Å². The normalized spacial score (nSPS) is 13.8. The second-order valence-corrected chi connectivity index (χ2v) is 9.62. The van der Waals surface area contributed by atoms with Crippen LogP contribution in [0.3, 0.4) is 0 Å². The van der Waals surface area contributed by atoms with Crippen molar-refractivity contribution in [2.45, 2.75) is 32.7 Å². The second-order valence-electron chi connectivity index (χ2n) is 7.76. The van der Waals surface area contributed by atoms with Gasteiger partial charge in [-0.2, -0.15) is 0 Å². The van der Waals surface area contributed by atoms with E-state index in [1.54, 1.807) is 31.2 Å². The van der Waals surface area contributed by atoms with E-state index in [4.69, 9.17) is 4.74 Å². The lowest BCUT2D eigenvalue weighted by Gasteiger charge is -2.28. The predicted molar refractivity (Wildman–Crippen MR) is 124 cm³/mol. The number of hydrogen-bond acceptors (Lipinski definition) is 4. The number of nitrogens with one attached hydrogen (secondary N) is 1. The highest BCUT2D eigenvalue weighted by Gasteiger charge is 2.29. The molecule has 1 N–H and O–H groups in total. The van der Waals surface area contributed by atoms with Crippen LogP contribution in [0.1, 0.15) is 25.0 Å². The Kier molecular flexibility index (Phi) is 5.62. The van der Waals surface area contributed by atoms with Gasteiger partial charge >= 0.3 is 0 Å². The number of benzene rings is 3. The number of sulfonamides is 1. The molecule has 3 aromatic carbocycles. The molecule has 0 radical (unpaired) electrons. The summed E-state index contributed by atoms with van der Waals surface area (Å²) in [5.74, 6) is 0.253. The molecule has 0 heterocycles. The van der Waals surface area contributed by atoms with E-state index in [2.05, 4.69) is 11.4 Å². The van der Waals surface area contributed by atoms with Gasteiger partial charge in [-0.1, -0.05) is 24.3 Å². The zero-order chi connectivity index (χ0) is 22.2. The first-order valence-electron chi connectivity index (χ1n) is 10.4. The summed E-state index contributed by atoms with van der Waals surface area (Å²) in [4.78, 5) is 13.1. The van der Waals surface area contributed by atoms with Crippen LogP contribution in [0.5, 0.6) is 5.75 Å². The molecule has 3 aromatic rings. The van der Waals surface area contributed by atoms with Gasteiger partial charge in [0.25, 0.3) is 0 Å². The number of anilines is 2. The average Bonchev–Trinajstić information content (AvgIpc) is 3.15. The SMILES string of the molecule is CCOc1ccc(N([C@H](C)C(=O)Nc2ccc3c4c(cccc24)CC3)S(C)(=O)=O)cc1. The van der Waals surface area contributed by atoms with Crippen LogP contribution >= 0.6 is 0 Å². The summed E-state index contributed by atoms with van der Waals surface area (Å²) in [5.41, 5.74) is 3.67. The van der Waals surface area contributed by atoms with Crippen molar-refractivity contribution >= 4 is 38.1 Å². The van der Waals surface area contributed by atoms with Crippen molar-refractivity contribution in [3.05, 3.63) is 65.7 Å². The van der Waals surface area contributed by atoms with E-state index in [0.717, 1.165) is 28.8 Å². The van der Waals surface area contributed by atoms with Crippen LogP contribution in [-0.4, -0.2) is 33.2 Å². The summed E-state index contributed by atoms with van der Waals surface area (Å²) in [5, 5.41) is 5.13. The van der Waals surface area contributed by atoms with E-state index in [9.17, 15) is 13.2 Å². The van der Waals surface area contributed by atoms with E-state index in [1.165, 1.54) is 16.5 Å². The Morgan fingerprint density at radius 2 is 1.74 bits per heavy atom. The maximum absolute atomic E-state index is 13.1. The average molecular weight is 439 g/mol. The van der Waals surface area contributed by atoms with Gasteiger partial charge in [-0.25, -0.2) is 8.42 Å². The van der Waals surface area contributed by atoms with E-state index in [0.29, 0.717) is 23.7 Å². The zero-order valence-electron chi connectivity index (χ0n) is 17.9. The van der Waals surface area contributed by atoms with Gasteiger partial charge in [-0.15, -0.1) is 0 Å². The summed E-state index contributed by atoms with van der Waals surface area (Å²) >= 11 is 0. The minimum absolute atomic E-state index is 0.391. The van der Waals surface area contributed by atoms with Crippen molar-refractivity contribution in [2.75, 3.05) is 22.5 Å². The molecule has 4 rings (SSSR count). The first-order valence-corrected chi connectivity index (χ1v) is 12.2. The molecule has 1 amide bonds. The number of amides is 1. The van der Waals surface area contributed by atoms with Crippen molar-refractivity contribution in [3.63, 3.8) is 0 Å². The molecule has 0 bridgehead atoms. The molecule has 0 spiro atoms. The molecule has 0 aromatic heterocycles. The quantitative estimate of drug-likeness (QED) is 0.602. The molecule has 0 saturated carbocycles. The number of carbonyl (C=O) groups excluding carboxylic acids is 1. The van der Waals surface area contributed by atoms with Gasteiger partial charge in [0.2, 0.25) is 15.9 Å². The van der Waals surface area contributed by atoms with Gasteiger partial charge in [0.05, 0.1) is 18.6 Å². The Bertz CT molecular complexity index is 1230. The van der Waals surface area contributed by atoms with Crippen LogP contribution in [0, 0.1) is 0 Å². The van der Waals surface area contributed by atoms with Crippen LogP contribution in [0.4, 0.5) is 11.4 Å². The molecular weight excluding hydrogens is 412 g/mol. The minimum Gasteiger partial charge on any atom is -0.494 e. The molecule has 1 aliphatic rings. The van der Waals surface area contributed by atoms with Crippen LogP contribution in [0.2, 0.25) is 0 Å². The third-order valence-corrected chi connectivity index (χ3v) is 6.87. The standard InChI is InChI=1S/C24H26N2O4S/c1-4-30-20-13-11-19(12-14-20)26(31(3,28)29)16(2)24(27)25-22-15-10-18-9-8-17-6-5-7-21(22)23(17)18/h5-7,10-16H,4,8-9H2,1-3H3,(H,25,27)/t16-/m1/s1. The summed E-state index contributed by atoms with van der Waals surface area (Å²) < 4.78 is 31.7. The third kappa shape index (κ3) is 4.10. The van der Waals surface area contributed by atoms with Crippen molar-refractivity contribution in [2.24, 2.45) is 0 Å². The first kappa shape index (κ1) is 21.2. The maximum Gasteiger partial charge on any atom is 0.248 e. The second kappa shape index (κ2) is 8.23. The van der Waals surface area contributed by atoms with Crippen LogP contribution in [0.25, 0.3) is 10.8 Å². The van der Waals surface area contributed by atoms with E-state index >= 15 is 0 Å². The number of aryl methyl sites for hydroxylation is 2. The first-order chi connectivity index (χ1) is 14.8. The highest BCUT2D eigenvalue weighted by atomic mass is 32.2. The van der Waals surface area contributed by atoms with Crippen molar-refractivity contribution in [1.29, 1.82) is 0 Å². The topological polar surface area (TPSA) is 75.7 Å². The van der Waals surface area contributed by atoms with Gasteiger partial charge in [-0.05, 0) is 73.5 Å². The summed E-state index contributed by atoms with van der Waals surface area (Å²) in [6.07, 6.45) is 3.10. The summed E-state index contributed by atoms with van der Waals surface area (Å²) in [6.45, 7) is 3.98. The third-order valence-electron chi connectivity index (χ3n) is 5.63. The predicted octanol–water partition coefficient (Wildman–Crippen LogP) is 4.13.